The van der Waals surface area contributed by atoms with E-state index in [4.69, 9.17) is 9.47 Å². The number of para-hydroxylation sites is 1. The molecule has 1 unspecified atom stereocenters. The highest BCUT2D eigenvalue weighted by Gasteiger charge is 2.25. The first kappa shape index (κ1) is 20.1. The van der Waals surface area contributed by atoms with Crippen molar-refractivity contribution in [3.63, 3.8) is 0 Å². The highest BCUT2D eigenvalue weighted by atomic mass is 16.6. The number of methoxy groups -OCH3 is 1. The van der Waals surface area contributed by atoms with Crippen LogP contribution in [0.2, 0.25) is 0 Å². The van der Waals surface area contributed by atoms with Gasteiger partial charge in [0, 0.05) is 40.8 Å². The van der Waals surface area contributed by atoms with Crippen LogP contribution in [-0.2, 0) is 13.0 Å². The lowest BCUT2D eigenvalue weighted by Gasteiger charge is -2.25. The number of non-ortho nitro benzene ring substituents is 1. The number of aromatic amines is 1. The summed E-state index contributed by atoms with van der Waals surface area (Å²) in [6, 6.07) is 20.7. The van der Waals surface area contributed by atoms with Crippen molar-refractivity contribution in [3.8, 4) is 11.5 Å². The van der Waals surface area contributed by atoms with Gasteiger partial charge in [-0.2, -0.15) is 0 Å². The van der Waals surface area contributed by atoms with Crippen LogP contribution in [0.1, 0.15) is 28.4 Å². The predicted molar refractivity (Wildman–Crippen MR) is 122 cm³/mol. The first-order chi connectivity index (χ1) is 15.6. The number of H-pyrrole nitrogens is 1. The van der Waals surface area contributed by atoms with E-state index in [1.54, 1.807) is 19.2 Å². The number of nitro groups is 1. The number of benzene rings is 3. The number of hydrogen-bond donors (Lipinski definition) is 2. The summed E-state index contributed by atoms with van der Waals surface area (Å²) in [7, 11) is 1.64. The molecule has 0 spiro atoms. The molecule has 4 aromatic rings. The molecule has 7 nitrogen and oxygen atoms in total. The fourth-order valence-electron chi connectivity index (χ4n) is 4.38. The second kappa shape index (κ2) is 8.36. The Morgan fingerprint density at radius 1 is 1.09 bits per heavy atom. The Balaban J connectivity index is 1.43. The highest BCUT2D eigenvalue weighted by molar-refractivity contribution is 5.85. The molecule has 1 aliphatic heterocycles. The van der Waals surface area contributed by atoms with Crippen LogP contribution in [0.15, 0.2) is 66.7 Å². The number of hydrogen-bond acceptors (Lipinski definition) is 5. The molecule has 7 heteroatoms. The van der Waals surface area contributed by atoms with Gasteiger partial charge in [-0.15, -0.1) is 0 Å². The average molecular weight is 429 g/mol. The van der Waals surface area contributed by atoms with Gasteiger partial charge in [-0.05, 0) is 47.9 Å². The Kier molecular flexibility index (Phi) is 5.25. The molecule has 0 aliphatic carbocycles. The lowest BCUT2D eigenvalue weighted by atomic mass is 9.93. The normalized spacial score (nSPS) is 15.3. The van der Waals surface area contributed by atoms with Crippen molar-refractivity contribution >= 4 is 16.6 Å². The van der Waals surface area contributed by atoms with Crippen LogP contribution in [0.3, 0.4) is 0 Å². The van der Waals surface area contributed by atoms with Crippen LogP contribution in [0.25, 0.3) is 10.9 Å². The summed E-state index contributed by atoms with van der Waals surface area (Å²) in [5.41, 5.74) is 5.79. The molecule has 162 valence electrons. The summed E-state index contributed by atoms with van der Waals surface area (Å²) in [6.45, 7) is 1.20. The molecule has 0 radical (unpaired) electrons. The number of nitrogens with one attached hydrogen (secondary N) is 2. The standard InChI is InChI=1S/C25H23N3O4/c1-31-23-11-6-16(14-17(23)15-32-19-9-7-18(8-10-19)28(29)30)24-25-21(12-13-26-24)20-4-2-3-5-22(20)27-25/h2-11,14,24,26-27H,12-13,15H2,1H3. The van der Waals surface area contributed by atoms with E-state index in [1.165, 1.54) is 28.8 Å². The molecule has 0 saturated carbocycles. The van der Waals surface area contributed by atoms with Crippen molar-refractivity contribution in [2.24, 2.45) is 0 Å². The van der Waals surface area contributed by atoms with Gasteiger partial charge in [0.15, 0.2) is 0 Å². The topological polar surface area (TPSA) is 89.4 Å². The van der Waals surface area contributed by atoms with Crippen LogP contribution in [-0.4, -0.2) is 23.6 Å². The minimum atomic E-state index is -0.425. The van der Waals surface area contributed by atoms with E-state index in [-0.39, 0.29) is 11.7 Å². The van der Waals surface area contributed by atoms with Crippen molar-refractivity contribution < 1.29 is 14.4 Å². The van der Waals surface area contributed by atoms with E-state index in [1.807, 2.05) is 12.1 Å². The maximum Gasteiger partial charge on any atom is 0.269 e. The third kappa shape index (κ3) is 3.67. The summed E-state index contributed by atoms with van der Waals surface area (Å²) < 4.78 is 11.4. The summed E-state index contributed by atoms with van der Waals surface area (Å²) in [4.78, 5) is 14.0. The number of nitrogens with zero attached hydrogens (tertiary/aromatic N) is 1. The summed E-state index contributed by atoms with van der Waals surface area (Å²) in [6.07, 6.45) is 0.988. The van der Waals surface area contributed by atoms with E-state index < -0.39 is 4.92 Å². The van der Waals surface area contributed by atoms with Gasteiger partial charge in [0.05, 0.1) is 18.1 Å². The maximum atomic E-state index is 10.8. The van der Waals surface area contributed by atoms with Crippen molar-refractivity contribution in [1.82, 2.24) is 10.3 Å². The third-order valence-corrected chi connectivity index (χ3v) is 5.94. The molecular formula is C25H23N3O4. The van der Waals surface area contributed by atoms with Crippen molar-refractivity contribution in [3.05, 3.63) is 99.2 Å². The van der Waals surface area contributed by atoms with Gasteiger partial charge < -0.3 is 19.8 Å². The average Bonchev–Trinajstić information content (AvgIpc) is 3.21. The second-order valence-corrected chi connectivity index (χ2v) is 7.81. The molecule has 0 amide bonds. The zero-order valence-electron chi connectivity index (χ0n) is 17.6. The quantitative estimate of drug-likeness (QED) is 0.336. The molecular weight excluding hydrogens is 406 g/mol. The SMILES string of the molecule is COc1ccc(C2NCCc3c2[nH]c2ccccc32)cc1COc1ccc([N+](=O)[O-])cc1. The van der Waals surface area contributed by atoms with Crippen molar-refractivity contribution in [1.29, 1.82) is 0 Å². The minimum absolute atomic E-state index is 0.0365. The Morgan fingerprint density at radius 2 is 1.91 bits per heavy atom. The maximum absolute atomic E-state index is 10.8. The lowest BCUT2D eigenvalue weighted by molar-refractivity contribution is -0.384. The van der Waals surface area contributed by atoms with E-state index in [9.17, 15) is 10.1 Å². The molecule has 2 N–H and O–H groups in total. The fourth-order valence-corrected chi connectivity index (χ4v) is 4.38. The zero-order chi connectivity index (χ0) is 22.1. The van der Waals surface area contributed by atoms with Gasteiger partial charge in [0.1, 0.15) is 18.1 Å². The zero-order valence-corrected chi connectivity index (χ0v) is 17.6. The van der Waals surface area contributed by atoms with Gasteiger partial charge in [-0.1, -0.05) is 24.3 Å². The highest BCUT2D eigenvalue weighted by Crippen LogP contribution is 2.35. The molecule has 5 rings (SSSR count). The number of fused-ring (bicyclic) bond motifs is 3. The van der Waals surface area contributed by atoms with Crippen LogP contribution in [0, 0.1) is 10.1 Å². The smallest absolute Gasteiger partial charge is 0.269 e. The number of aromatic nitrogens is 1. The van der Waals surface area contributed by atoms with Crippen molar-refractivity contribution in [2.75, 3.05) is 13.7 Å². The minimum Gasteiger partial charge on any atom is -0.496 e. The molecule has 0 fully saturated rings. The van der Waals surface area contributed by atoms with Crippen LogP contribution in [0.4, 0.5) is 5.69 Å². The van der Waals surface area contributed by atoms with E-state index >= 15 is 0 Å². The van der Waals surface area contributed by atoms with Gasteiger partial charge in [0.25, 0.3) is 5.69 Å². The first-order valence-electron chi connectivity index (χ1n) is 10.5. The molecule has 32 heavy (non-hydrogen) atoms. The van der Waals surface area contributed by atoms with E-state index in [0.29, 0.717) is 12.4 Å². The largest absolute Gasteiger partial charge is 0.496 e. The Morgan fingerprint density at radius 3 is 2.69 bits per heavy atom. The first-order valence-corrected chi connectivity index (χ1v) is 10.5. The van der Waals surface area contributed by atoms with Gasteiger partial charge in [-0.3, -0.25) is 10.1 Å². The Bertz CT molecular complexity index is 1280. The monoisotopic (exact) mass is 429 g/mol. The Hall–Kier alpha value is -3.84. The predicted octanol–water partition coefficient (Wildman–Crippen LogP) is 4.90. The second-order valence-electron chi connectivity index (χ2n) is 7.81. The van der Waals surface area contributed by atoms with E-state index in [2.05, 4.69) is 40.6 Å². The third-order valence-electron chi connectivity index (χ3n) is 5.94. The number of rotatable bonds is 6. The molecule has 3 aromatic carbocycles. The fraction of sp³-hybridized carbons (Fsp3) is 0.200. The van der Waals surface area contributed by atoms with Gasteiger partial charge in [0.2, 0.25) is 0 Å². The van der Waals surface area contributed by atoms with Crippen molar-refractivity contribution in [2.45, 2.75) is 19.1 Å². The molecule has 1 aromatic heterocycles. The lowest BCUT2D eigenvalue weighted by Crippen LogP contribution is -2.30. The molecule has 2 heterocycles. The summed E-state index contributed by atoms with van der Waals surface area (Å²) >= 11 is 0. The van der Waals surface area contributed by atoms with Gasteiger partial charge >= 0.3 is 0 Å². The van der Waals surface area contributed by atoms with Crippen LogP contribution >= 0.6 is 0 Å². The molecule has 0 bridgehead atoms. The van der Waals surface area contributed by atoms with Crippen LogP contribution in [0.5, 0.6) is 11.5 Å². The number of ether oxygens (including phenoxy) is 2. The summed E-state index contributed by atoms with van der Waals surface area (Å²) in [5, 5.41) is 15.8. The Labute approximate surface area is 185 Å². The summed E-state index contributed by atoms with van der Waals surface area (Å²) in [5.74, 6) is 1.31. The van der Waals surface area contributed by atoms with Crippen LogP contribution < -0.4 is 14.8 Å². The number of nitro benzene ring substituents is 1. The molecule has 1 atom stereocenters. The van der Waals surface area contributed by atoms with E-state index in [0.717, 1.165) is 35.4 Å². The van der Waals surface area contributed by atoms with Gasteiger partial charge in [-0.25, -0.2) is 0 Å². The molecule has 0 saturated heterocycles. The molecule has 1 aliphatic rings.